The Kier molecular flexibility index (Phi) is 2.80. The van der Waals surface area contributed by atoms with Gasteiger partial charge >= 0.3 is 0 Å². The Bertz CT molecular complexity index is 437. The summed E-state index contributed by atoms with van der Waals surface area (Å²) in [4.78, 5) is 5.56. The van der Waals surface area contributed by atoms with Crippen molar-refractivity contribution >= 4 is 23.0 Å². The van der Waals surface area contributed by atoms with Crippen molar-refractivity contribution in [2.45, 2.75) is 26.3 Å². The van der Waals surface area contributed by atoms with Gasteiger partial charge in [-0.1, -0.05) is 56.4 Å². The summed E-state index contributed by atoms with van der Waals surface area (Å²) in [6.07, 6.45) is 0. The number of thiocarbonyl (C=S) groups is 1. The van der Waals surface area contributed by atoms with Gasteiger partial charge in [-0.25, -0.2) is 0 Å². The molecule has 0 saturated carbocycles. The number of amidine groups is 1. The van der Waals surface area contributed by atoms with Gasteiger partial charge in [-0.15, -0.1) is 0 Å². The first kappa shape index (κ1) is 11.3. The van der Waals surface area contributed by atoms with Crippen LogP contribution in [0.25, 0.3) is 0 Å². The number of rotatable bonds is 2. The Labute approximate surface area is 102 Å². The lowest BCUT2D eigenvalue weighted by Gasteiger charge is -2.24. The van der Waals surface area contributed by atoms with Gasteiger partial charge in [0.15, 0.2) is 0 Å². The van der Waals surface area contributed by atoms with E-state index in [0.29, 0.717) is 5.92 Å². The van der Waals surface area contributed by atoms with Crippen LogP contribution in [-0.4, -0.2) is 16.4 Å². The number of aliphatic imine (C=N–C) groups is 1. The summed E-state index contributed by atoms with van der Waals surface area (Å²) in [6, 6.07) is 10.1. The third kappa shape index (κ3) is 1.76. The number of hydrogen-bond acceptors (Lipinski definition) is 2. The van der Waals surface area contributed by atoms with Gasteiger partial charge in [0.2, 0.25) is 0 Å². The average Bonchev–Trinajstić information content (AvgIpc) is 2.58. The SMILES string of the molecule is CC(C)C1(C)N=C(c2ccccc2)NC1=S. The van der Waals surface area contributed by atoms with E-state index in [2.05, 4.69) is 26.1 Å². The molecule has 0 aliphatic carbocycles. The van der Waals surface area contributed by atoms with Crippen molar-refractivity contribution in [2.24, 2.45) is 10.9 Å². The molecule has 0 spiro atoms. The van der Waals surface area contributed by atoms with Crippen LogP contribution in [0.2, 0.25) is 0 Å². The van der Waals surface area contributed by atoms with Gasteiger partial charge in [0.05, 0.1) is 0 Å². The largest absolute Gasteiger partial charge is 0.332 e. The number of nitrogens with one attached hydrogen (secondary N) is 1. The smallest absolute Gasteiger partial charge is 0.134 e. The van der Waals surface area contributed by atoms with E-state index < -0.39 is 0 Å². The fourth-order valence-corrected chi connectivity index (χ4v) is 2.05. The Morgan fingerprint density at radius 3 is 2.38 bits per heavy atom. The molecule has 84 valence electrons. The molecule has 2 rings (SSSR count). The lowest BCUT2D eigenvalue weighted by Crippen LogP contribution is -2.39. The van der Waals surface area contributed by atoms with Crippen molar-refractivity contribution in [3.05, 3.63) is 35.9 Å². The molecule has 1 heterocycles. The first-order valence-electron chi connectivity index (χ1n) is 5.51. The van der Waals surface area contributed by atoms with E-state index in [9.17, 15) is 0 Å². The highest BCUT2D eigenvalue weighted by Gasteiger charge is 2.38. The van der Waals surface area contributed by atoms with Crippen molar-refractivity contribution in [2.75, 3.05) is 0 Å². The van der Waals surface area contributed by atoms with Crippen LogP contribution in [0.1, 0.15) is 26.3 Å². The normalized spacial score (nSPS) is 24.5. The van der Waals surface area contributed by atoms with E-state index in [0.717, 1.165) is 16.4 Å². The lowest BCUT2D eigenvalue weighted by atomic mass is 9.90. The average molecular weight is 232 g/mol. The fraction of sp³-hybridized carbons (Fsp3) is 0.385. The Balaban J connectivity index is 2.37. The highest BCUT2D eigenvalue weighted by molar-refractivity contribution is 7.80. The molecule has 1 aliphatic rings. The van der Waals surface area contributed by atoms with Crippen LogP contribution in [0.15, 0.2) is 35.3 Å². The van der Waals surface area contributed by atoms with Crippen molar-refractivity contribution in [3.8, 4) is 0 Å². The molecule has 3 heteroatoms. The standard InChI is InChI=1S/C13H16N2S/c1-9(2)13(3)12(16)14-11(15-13)10-7-5-4-6-8-10/h4-9H,1-3H3,(H,14,15,16). The van der Waals surface area contributed by atoms with E-state index >= 15 is 0 Å². The maximum atomic E-state index is 5.38. The lowest BCUT2D eigenvalue weighted by molar-refractivity contribution is 0.460. The van der Waals surface area contributed by atoms with E-state index in [1.54, 1.807) is 0 Å². The minimum atomic E-state index is -0.263. The molecule has 16 heavy (non-hydrogen) atoms. The number of hydrogen-bond donors (Lipinski definition) is 1. The molecule has 2 nitrogen and oxygen atoms in total. The minimum absolute atomic E-state index is 0.263. The van der Waals surface area contributed by atoms with Gasteiger partial charge in [0.25, 0.3) is 0 Å². The Hall–Kier alpha value is -1.22. The van der Waals surface area contributed by atoms with Crippen LogP contribution in [0.4, 0.5) is 0 Å². The van der Waals surface area contributed by atoms with Crippen molar-refractivity contribution in [1.82, 2.24) is 5.32 Å². The molecule has 1 atom stereocenters. The van der Waals surface area contributed by atoms with E-state index in [4.69, 9.17) is 17.2 Å². The van der Waals surface area contributed by atoms with E-state index in [1.807, 2.05) is 30.3 Å². The highest BCUT2D eigenvalue weighted by atomic mass is 32.1. The molecule has 1 unspecified atom stereocenters. The summed E-state index contributed by atoms with van der Waals surface area (Å²) < 4.78 is 0. The second kappa shape index (κ2) is 3.98. The van der Waals surface area contributed by atoms with E-state index in [-0.39, 0.29) is 5.54 Å². The van der Waals surface area contributed by atoms with Crippen molar-refractivity contribution < 1.29 is 0 Å². The molecule has 0 saturated heterocycles. The van der Waals surface area contributed by atoms with Gasteiger partial charge in [-0.2, -0.15) is 0 Å². The molecule has 0 radical (unpaired) electrons. The first-order valence-corrected chi connectivity index (χ1v) is 5.91. The van der Waals surface area contributed by atoms with Crippen LogP contribution in [-0.2, 0) is 0 Å². The third-order valence-corrected chi connectivity index (χ3v) is 3.72. The summed E-state index contributed by atoms with van der Waals surface area (Å²) >= 11 is 5.38. The molecule has 0 bridgehead atoms. The summed E-state index contributed by atoms with van der Waals surface area (Å²) in [5.41, 5.74) is 0.828. The monoisotopic (exact) mass is 232 g/mol. The molecule has 0 fully saturated rings. The van der Waals surface area contributed by atoms with Crippen LogP contribution < -0.4 is 5.32 Å². The third-order valence-electron chi connectivity index (χ3n) is 3.21. The molecule has 0 aromatic heterocycles. The van der Waals surface area contributed by atoms with Crippen LogP contribution in [0, 0.1) is 5.92 Å². The van der Waals surface area contributed by atoms with Gasteiger partial charge in [-0.3, -0.25) is 4.99 Å². The maximum Gasteiger partial charge on any atom is 0.134 e. The second-order valence-electron chi connectivity index (χ2n) is 4.58. The van der Waals surface area contributed by atoms with Crippen molar-refractivity contribution in [1.29, 1.82) is 0 Å². The topological polar surface area (TPSA) is 24.4 Å². The van der Waals surface area contributed by atoms with E-state index in [1.165, 1.54) is 0 Å². The summed E-state index contributed by atoms with van der Waals surface area (Å²) in [7, 11) is 0. The molecule has 1 aromatic carbocycles. The Morgan fingerprint density at radius 2 is 1.88 bits per heavy atom. The zero-order valence-corrected chi connectivity index (χ0v) is 10.6. The summed E-state index contributed by atoms with van der Waals surface area (Å²) in [6.45, 7) is 6.37. The molecular formula is C13H16N2S. The highest BCUT2D eigenvalue weighted by Crippen LogP contribution is 2.27. The summed E-state index contributed by atoms with van der Waals surface area (Å²) in [5, 5.41) is 3.22. The predicted octanol–water partition coefficient (Wildman–Crippen LogP) is 2.78. The molecule has 1 aromatic rings. The number of nitrogens with zero attached hydrogens (tertiary/aromatic N) is 1. The quantitative estimate of drug-likeness (QED) is 0.793. The van der Waals surface area contributed by atoms with Crippen LogP contribution >= 0.6 is 12.2 Å². The molecule has 1 N–H and O–H groups in total. The van der Waals surface area contributed by atoms with Gasteiger partial charge in [0.1, 0.15) is 16.4 Å². The fourth-order valence-electron chi connectivity index (χ4n) is 1.67. The van der Waals surface area contributed by atoms with Gasteiger partial charge in [0, 0.05) is 5.56 Å². The molecule has 0 amide bonds. The Morgan fingerprint density at radius 1 is 1.25 bits per heavy atom. The minimum Gasteiger partial charge on any atom is -0.332 e. The van der Waals surface area contributed by atoms with Crippen LogP contribution in [0.5, 0.6) is 0 Å². The summed E-state index contributed by atoms with van der Waals surface area (Å²) in [5.74, 6) is 1.29. The molecule has 1 aliphatic heterocycles. The number of benzene rings is 1. The second-order valence-corrected chi connectivity index (χ2v) is 4.99. The maximum absolute atomic E-state index is 5.38. The zero-order valence-electron chi connectivity index (χ0n) is 9.82. The predicted molar refractivity (Wildman–Crippen MR) is 72.0 cm³/mol. The first-order chi connectivity index (χ1) is 7.54. The van der Waals surface area contributed by atoms with Gasteiger partial charge in [-0.05, 0) is 12.8 Å². The van der Waals surface area contributed by atoms with Crippen molar-refractivity contribution in [3.63, 3.8) is 0 Å². The molecular weight excluding hydrogens is 216 g/mol. The zero-order chi connectivity index (χ0) is 11.8. The van der Waals surface area contributed by atoms with Gasteiger partial charge < -0.3 is 5.32 Å². The van der Waals surface area contributed by atoms with Crippen LogP contribution in [0.3, 0.4) is 0 Å².